The van der Waals surface area contributed by atoms with Crippen molar-refractivity contribution in [2.24, 2.45) is 0 Å². The Labute approximate surface area is 102 Å². The number of nitrogens with one attached hydrogen (secondary N) is 1. The molecule has 4 heteroatoms. The normalized spacial score (nSPS) is 11.4. The Morgan fingerprint density at radius 3 is 2.41 bits per heavy atom. The number of hydrogen-bond acceptors (Lipinski definition) is 3. The molecule has 4 nitrogen and oxygen atoms in total. The number of pyridine rings is 1. The first-order valence-electron chi connectivity index (χ1n) is 5.74. The zero-order valence-corrected chi connectivity index (χ0v) is 11.1. The smallest absolute Gasteiger partial charge is 0.412 e. The van der Waals surface area contributed by atoms with Crippen LogP contribution in [0, 0.1) is 0 Å². The van der Waals surface area contributed by atoms with Gasteiger partial charge in [0, 0.05) is 5.69 Å². The summed E-state index contributed by atoms with van der Waals surface area (Å²) in [6.07, 6.45) is 1.18. The van der Waals surface area contributed by atoms with Crippen molar-refractivity contribution in [3.05, 3.63) is 24.0 Å². The predicted octanol–water partition coefficient (Wildman–Crippen LogP) is 3.55. The molecule has 0 aliphatic rings. The van der Waals surface area contributed by atoms with Gasteiger partial charge in [-0.25, -0.2) is 4.79 Å². The van der Waals surface area contributed by atoms with Gasteiger partial charge in [-0.05, 0) is 38.8 Å². The minimum absolute atomic E-state index is 0.380. The minimum atomic E-state index is -0.491. The third kappa shape index (κ3) is 4.85. The van der Waals surface area contributed by atoms with Crippen molar-refractivity contribution in [2.75, 3.05) is 5.32 Å². The molecule has 0 atom stereocenters. The van der Waals surface area contributed by atoms with E-state index < -0.39 is 11.7 Å². The molecule has 1 aromatic heterocycles. The summed E-state index contributed by atoms with van der Waals surface area (Å²) in [5.41, 5.74) is 1.15. The minimum Gasteiger partial charge on any atom is -0.444 e. The molecule has 1 aromatic rings. The highest BCUT2D eigenvalue weighted by Gasteiger charge is 2.16. The van der Waals surface area contributed by atoms with Gasteiger partial charge in [-0.1, -0.05) is 13.8 Å². The molecule has 0 unspecified atom stereocenters. The van der Waals surface area contributed by atoms with Gasteiger partial charge < -0.3 is 4.74 Å². The SMILES string of the molecule is CC(C)c1ccc(NC(=O)OC(C)(C)C)cn1. The monoisotopic (exact) mass is 236 g/mol. The number of amides is 1. The van der Waals surface area contributed by atoms with E-state index in [0.29, 0.717) is 11.6 Å². The van der Waals surface area contributed by atoms with Gasteiger partial charge in [0.15, 0.2) is 0 Å². The van der Waals surface area contributed by atoms with Crippen molar-refractivity contribution >= 4 is 11.8 Å². The van der Waals surface area contributed by atoms with Gasteiger partial charge in [0.1, 0.15) is 5.60 Å². The molecule has 0 spiro atoms. The van der Waals surface area contributed by atoms with E-state index in [9.17, 15) is 4.79 Å². The Bertz CT molecular complexity index is 377. The van der Waals surface area contributed by atoms with Crippen LogP contribution in [0.1, 0.15) is 46.2 Å². The van der Waals surface area contributed by atoms with Crippen LogP contribution in [-0.2, 0) is 4.74 Å². The molecule has 0 saturated heterocycles. The largest absolute Gasteiger partial charge is 0.444 e. The van der Waals surface area contributed by atoms with Gasteiger partial charge >= 0.3 is 6.09 Å². The molecule has 94 valence electrons. The molecule has 0 aliphatic carbocycles. The predicted molar refractivity (Wildman–Crippen MR) is 68.2 cm³/mol. The van der Waals surface area contributed by atoms with Crippen molar-refractivity contribution in [1.82, 2.24) is 4.98 Å². The van der Waals surface area contributed by atoms with Crippen LogP contribution in [0.4, 0.5) is 10.5 Å². The third-order valence-corrected chi connectivity index (χ3v) is 2.02. The number of nitrogens with zero attached hydrogens (tertiary/aromatic N) is 1. The molecule has 1 heterocycles. The summed E-state index contributed by atoms with van der Waals surface area (Å²) in [5.74, 6) is 0.380. The van der Waals surface area contributed by atoms with Crippen molar-refractivity contribution in [1.29, 1.82) is 0 Å². The van der Waals surface area contributed by atoms with Crippen LogP contribution >= 0.6 is 0 Å². The lowest BCUT2D eigenvalue weighted by atomic mass is 10.1. The van der Waals surface area contributed by atoms with E-state index >= 15 is 0 Å². The second-order valence-corrected chi connectivity index (χ2v) is 5.25. The van der Waals surface area contributed by atoms with Crippen LogP contribution in [0.25, 0.3) is 0 Å². The molecule has 0 aromatic carbocycles. The van der Waals surface area contributed by atoms with Gasteiger partial charge in [0.25, 0.3) is 0 Å². The second-order valence-electron chi connectivity index (χ2n) is 5.25. The Hall–Kier alpha value is -1.58. The average molecular weight is 236 g/mol. The summed E-state index contributed by atoms with van der Waals surface area (Å²) in [5, 5.41) is 2.64. The van der Waals surface area contributed by atoms with Crippen LogP contribution < -0.4 is 5.32 Å². The number of hydrogen-bond donors (Lipinski definition) is 1. The molecule has 17 heavy (non-hydrogen) atoms. The molecule has 1 N–H and O–H groups in total. The topological polar surface area (TPSA) is 51.2 Å². The second kappa shape index (κ2) is 5.17. The lowest BCUT2D eigenvalue weighted by Crippen LogP contribution is -2.27. The van der Waals surface area contributed by atoms with Crippen molar-refractivity contribution in [3.63, 3.8) is 0 Å². The van der Waals surface area contributed by atoms with Gasteiger partial charge in [-0.2, -0.15) is 0 Å². The van der Waals surface area contributed by atoms with Crippen LogP contribution in [0.15, 0.2) is 18.3 Å². The summed E-state index contributed by atoms with van der Waals surface area (Å²) < 4.78 is 5.14. The summed E-state index contributed by atoms with van der Waals surface area (Å²) >= 11 is 0. The maximum Gasteiger partial charge on any atom is 0.412 e. The summed E-state index contributed by atoms with van der Waals surface area (Å²) in [6, 6.07) is 3.73. The van der Waals surface area contributed by atoms with E-state index in [2.05, 4.69) is 24.1 Å². The van der Waals surface area contributed by atoms with Crippen molar-refractivity contribution < 1.29 is 9.53 Å². The number of anilines is 1. The molecular weight excluding hydrogens is 216 g/mol. The lowest BCUT2D eigenvalue weighted by molar-refractivity contribution is 0.0636. The van der Waals surface area contributed by atoms with Gasteiger partial charge in [0.05, 0.1) is 11.9 Å². The fourth-order valence-corrected chi connectivity index (χ4v) is 1.24. The Morgan fingerprint density at radius 2 is 2.00 bits per heavy atom. The van der Waals surface area contributed by atoms with Crippen LogP contribution in [0.2, 0.25) is 0 Å². The van der Waals surface area contributed by atoms with Crippen molar-refractivity contribution in [3.8, 4) is 0 Å². The van der Waals surface area contributed by atoms with E-state index in [1.54, 1.807) is 6.20 Å². The summed E-state index contributed by atoms with van der Waals surface area (Å²) in [6.45, 7) is 9.62. The lowest BCUT2D eigenvalue weighted by Gasteiger charge is -2.19. The summed E-state index contributed by atoms with van der Waals surface area (Å²) in [7, 11) is 0. The van der Waals surface area contributed by atoms with Crippen molar-refractivity contribution in [2.45, 2.75) is 46.1 Å². The van der Waals surface area contributed by atoms with Gasteiger partial charge in [-0.15, -0.1) is 0 Å². The molecule has 1 amide bonds. The first-order chi connectivity index (χ1) is 7.78. The van der Waals surface area contributed by atoms with E-state index in [4.69, 9.17) is 4.74 Å². The number of ether oxygens (including phenoxy) is 1. The number of carbonyl (C=O) groups excluding carboxylic acids is 1. The third-order valence-electron chi connectivity index (χ3n) is 2.02. The quantitative estimate of drug-likeness (QED) is 0.854. The van der Waals surface area contributed by atoms with Gasteiger partial charge in [-0.3, -0.25) is 10.3 Å². The van der Waals surface area contributed by atoms with E-state index in [1.807, 2.05) is 32.9 Å². The Morgan fingerprint density at radius 1 is 1.35 bits per heavy atom. The molecule has 0 aliphatic heterocycles. The number of rotatable bonds is 2. The Balaban J connectivity index is 2.61. The van der Waals surface area contributed by atoms with Crippen LogP contribution in [0.3, 0.4) is 0 Å². The molecule has 0 bridgehead atoms. The van der Waals surface area contributed by atoms with E-state index in [-0.39, 0.29) is 0 Å². The molecule has 0 radical (unpaired) electrons. The fraction of sp³-hybridized carbons (Fsp3) is 0.538. The van der Waals surface area contributed by atoms with E-state index in [0.717, 1.165) is 5.69 Å². The standard InChI is InChI=1S/C13H20N2O2/c1-9(2)11-7-6-10(8-14-11)15-12(16)17-13(3,4)5/h6-9H,1-5H3,(H,15,16). The highest BCUT2D eigenvalue weighted by molar-refractivity contribution is 5.84. The molecule has 1 rings (SSSR count). The zero-order chi connectivity index (χ0) is 13.1. The van der Waals surface area contributed by atoms with Crippen LogP contribution in [0.5, 0.6) is 0 Å². The fourth-order valence-electron chi connectivity index (χ4n) is 1.24. The highest BCUT2D eigenvalue weighted by Crippen LogP contribution is 2.15. The molecule has 0 fully saturated rings. The Kier molecular flexibility index (Phi) is 4.10. The highest BCUT2D eigenvalue weighted by atomic mass is 16.6. The molecular formula is C13H20N2O2. The average Bonchev–Trinajstić information content (AvgIpc) is 2.15. The van der Waals surface area contributed by atoms with Crippen LogP contribution in [-0.4, -0.2) is 16.7 Å². The number of carbonyl (C=O) groups is 1. The maximum atomic E-state index is 11.5. The first-order valence-corrected chi connectivity index (χ1v) is 5.74. The van der Waals surface area contributed by atoms with Gasteiger partial charge in [0.2, 0.25) is 0 Å². The van der Waals surface area contributed by atoms with E-state index in [1.165, 1.54) is 0 Å². The first kappa shape index (κ1) is 13.5. The zero-order valence-electron chi connectivity index (χ0n) is 11.1. The number of aromatic nitrogens is 1. The maximum absolute atomic E-state index is 11.5. The summed E-state index contributed by atoms with van der Waals surface area (Å²) in [4.78, 5) is 15.7. The molecule has 0 saturated carbocycles.